The van der Waals surface area contributed by atoms with Crippen LogP contribution in [0.3, 0.4) is 0 Å². The van der Waals surface area contributed by atoms with Gasteiger partial charge in [0.25, 0.3) is 0 Å². The molecule has 0 aromatic carbocycles. The van der Waals surface area contributed by atoms with Crippen LogP contribution in [0.15, 0.2) is 24.5 Å². The third kappa shape index (κ3) is 2.23. The number of fused-ring (bicyclic) bond motifs is 1. The minimum absolute atomic E-state index is 0.349. The SMILES string of the molecule is OC1CCCc2sc(Cc3cccnc3)nc21. The summed E-state index contributed by atoms with van der Waals surface area (Å²) < 4.78 is 0. The standard InChI is InChI=1S/C13H14N2OS/c16-10-4-1-5-11-13(10)15-12(17-11)7-9-3-2-6-14-8-9/h2-3,6,8,10,16H,1,4-5,7H2. The van der Waals surface area contributed by atoms with Gasteiger partial charge in [-0.25, -0.2) is 4.98 Å². The van der Waals surface area contributed by atoms with Crippen molar-refractivity contribution in [3.63, 3.8) is 0 Å². The van der Waals surface area contributed by atoms with E-state index in [-0.39, 0.29) is 6.10 Å². The molecule has 0 saturated heterocycles. The van der Waals surface area contributed by atoms with Crippen LogP contribution in [-0.4, -0.2) is 15.1 Å². The summed E-state index contributed by atoms with van der Waals surface area (Å²) in [6, 6.07) is 4.00. The van der Waals surface area contributed by atoms with E-state index in [0.29, 0.717) is 0 Å². The summed E-state index contributed by atoms with van der Waals surface area (Å²) in [5, 5.41) is 11.0. The summed E-state index contributed by atoms with van der Waals surface area (Å²) in [6.07, 6.45) is 7.11. The number of nitrogens with zero attached hydrogens (tertiary/aromatic N) is 2. The Morgan fingerprint density at radius 2 is 2.41 bits per heavy atom. The van der Waals surface area contributed by atoms with Crippen molar-refractivity contribution in [2.24, 2.45) is 0 Å². The molecule has 3 nitrogen and oxygen atoms in total. The quantitative estimate of drug-likeness (QED) is 0.885. The van der Waals surface area contributed by atoms with Crippen molar-refractivity contribution >= 4 is 11.3 Å². The average molecular weight is 246 g/mol. The molecule has 1 N–H and O–H groups in total. The van der Waals surface area contributed by atoms with E-state index in [1.165, 1.54) is 10.4 Å². The van der Waals surface area contributed by atoms with Crippen molar-refractivity contribution < 1.29 is 5.11 Å². The number of aromatic nitrogens is 2. The van der Waals surface area contributed by atoms with Gasteiger partial charge in [-0.2, -0.15) is 0 Å². The van der Waals surface area contributed by atoms with Crippen LogP contribution in [0.25, 0.3) is 0 Å². The summed E-state index contributed by atoms with van der Waals surface area (Å²) in [7, 11) is 0. The highest BCUT2D eigenvalue weighted by Gasteiger charge is 2.22. The number of thiazole rings is 1. The molecule has 17 heavy (non-hydrogen) atoms. The van der Waals surface area contributed by atoms with Gasteiger partial charge in [-0.3, -0.25) is 4.98 Å². The Bertz CT molecular complexity index is 509. The molecule has 2 aromatic heterocycles. The highest BCUT2D eigenvalue weighted by Crippen LogP contribution is 2.33. The molecule has 0 radical (unpaired) electrons. The van der Waals surface area contributed by atoms with Gasteiger partial charge in [-0.15, -0.1) is 11.3 Å². The van der Waals surface area contributed by atoms with Crippen molar-refractivity contribution in [1.29, 1.82) is 0 Å². The molecule has 0 spiro atoms. The van der Waals surface area contributed by atoms with Gasteiger partial charge in [0.2, 0.25) is 0 Å². The lowest BCUT2D eigenvalue weighted by atomic mass is 10.0. The van der Waals surface area contributed by atoms with Crippen molar-refractivity contribution in [2.75, 3.05) is 0 Å². The topological polar surface area (TPSA) is 46.0 Å². The lowest BCUT2D eigenvalue weighted by Gasteiger charge is -2.14. The van der Waals surface area contributed by atoms with Crippen molar-refractivity contribution in [3.8, 4) is 0 Å². The van der Waals surface area contributed by atoms with Gasteiger partial charge in [0, 0.05) is 23.7 Å². The Balaban J connectivity index is 1.85. The van der Waals surface area contributed by atoms with E-state index >= 15 is 0 Å². The lowest BCUT2D eigenvalue weighted by molar-refractivity contribution is 0.153. The predicted octanol–water partition coefficient (Wildman–Crippen LogP) is 2.50. The fourth-order valence-electron chi connectivity index (χ4n) is 2.20. The fourth-order valence-corrected chi connectivity index (χ4v) is 3.40. The second kappa shape index (κ2) is 4.55. The average Bonchev–Trinajstić information content (AvgIpc) is 2.74. The van der Waals surface area contributed by atoms with Crippen LogP contribution in [0.2, 0.25) is 0 Å². The highest BCUT2D eigenvalue weighted by atomic mass is 32.1. The monoisotopic (exact) mass is 246 g/mol. The molecular formula is C13H14N2OS. The van der Waals surface area contributed by atoms with Gasteiger partial charge in [-0.05, 0) is 30.9 Å². The molecule has 3 rings (SSSR count). The van der Waals surface area contributed by atoms with E-state index in [4.69, 9.17) is 0 Å². The smallest absolute Gasteiger partial charge is 0.0976 e. The first-order chi connectivity index (χ1) is 8.33. The Kier molecular flexibility index (Phi) is 2.91. The third-order valence-corrected chi connectivity index (χ3v) is 4.18. The number of aryl methyl sites for hydroxylation is 1. The van der Waals surface area contributed by atoms with Gasteiger partial charge >= 0.3 is 0 Å². The molecule has 2 aromatic rings. The largest absolute Gasteiger partial charge is 0.387 e. The molecule has 2 heterocycles. The molecule has 1 aliphatic rings. The van der Waals surface area contributed by atoms with E-state index in [9.17, 15) is 5.11 Å². The maximum Gasteiger partial charge on any atom is 0.0976 e. The van der Waals surface area contributed by atoms with E-state index < -0.39 is 0 Å². The zero-order valence-electron chi connectivity index (χ0n) is 9.47. The number of aliphatic hydroxyl groups excluding tert-OH is 1. The van der Waals surface area contributed by atoms with Crippen LogP contribution in [0.4, 0.5) is 0 Å². The Hall–Kier alpha value is -1.26. The molecule has 88 valence electrons. The fraction of sp³-hybridized carbons (Fsp3) is 0.385. The zero-order chi connectivity index (χ0) is 11.7. The number of pyridine rings is 1. The highest BCUT2D eigenvalue weighted by molar-refractivity contribution is 7.11. The molecule has 1 unspecified atom stereocenters. The molecule has 0 fully saturated rings. The maximum absolute atomic E-state index is 9.87. The Labute approximate surface area is 104 Å². The van der Waals surface area contributed by atoms with Gasteiger partial charge in [0.1, 0.15) is 0 Å². The summed E-state index contributed by atoms with van der Waals surface area (Å²) in [4.78, 5) is 9.94. The van der Waals surface area contributed by atoms with E-state index in [0.717, 1.165) is 36.4 Å². The third-order valence-electron chi connectivity index (χ3n) is 3.05. The molecule has 1 aliphatic carbocycles. The van der Waals surface area contributed by atoms with E-state index in [1.54, 1.807) is 17.5 Å². The summed E-state index contributed by atoms with van der Waals surface area (Å²) >= 11 is 1.74. The molecule has 4 heteroatoms. The minimum atomic E-state index is -0.349. The van der Waals surface area contributed by atoms with Gasteiger partial charge in [0.05, 0.1) is 16.8 Å². The molecule has 1 atom stereocenters. The van der Waals surface area contributed by atoms with Crippen LogP contribution >= 0.6 is 11.3 Å². The summed E-state index contributed by atoms with van der Waals surface area (Å²) in [5.41, 5.74) is 2.09. The number of hydrogen-bond acceptors (Lipinski definition) is 4. The molecule has 0 amide bonds. The summed E-state index contributed by atoms with van der Waals surface area (Å²) in [6.45, 7) is 0. The molecule has 0 bridgehead atoms. The van der Waals surface area contributed by atoms with Crippen LogP contribution < -0.4 is 0 Å². The van der Waals surface area contributed by atoms with Crippen molar-refractivity contribution in [3.05, 3.63) is 45.7 Å². The van der Waals surface area contributed by atoms with Crippen LogP contribution in [0, 0.1) is 0 Å². The second-order valence-electron chi connectivity index (χ2n) is 4.36. The predicted molar refractivity (Wildman–Crippen MR) is 67.1 cm³/mol. The van der Waals surface area contributed by atoms with Gasteiger partial charge in [-0.1, -0.05) is 6.07 Å². The normalized spacial score (nSPS) is 19.0. The van der Waals surface area contributed by atoms with Crippen LogP contribution in [0.1, 0.15) is 40.1 Å². The van der Waals surface area contributed by atoms with E-state index in [2.05, 4.69) is 16.0 Å². The lowest BCUT2D eigenvalue weighted by Crippen LogP contribution is -2.07. The molecule has 0 aliphatic heterocycles. The summed E-state index contributed by atoms with van der Waals surface area (Å²) in [5.74, 6) is 0. The Morgan fingerprint density at radius 3 is 3.18 bits per heavy atom. The zero-order valence-corrected chi connectivity index (χ0v) is 10.3. The second-order valence-corrected chi connectivity index (χ2v) is 5.53. The molecular weight excluding hydrogens is 232 g/mol. The first-order valence-corrected chi connectivity index (χ1v) is 6.70. The number of aliphatic hydroxyl groups is 1. The number of rotatable bonds is 2. The first-order valence-electron chi connectivity index (χ1n) is 5.88. The van der Waals surface area contributed by atoms with Gasteiger partial charge in [0.15, 0.2) is 0 Å². The molecule has 0 saturated carbocycles. The van der Waals surface area contributed by atoms with Crippen LogP contribution in [-0.2, 0) is 12.8 Å². The minimum Gasteiger partial charge on any atom is -0.387 e. The van der Waals surface area contributed by atoms with E-state index in [1.807, 2.05) is 12.3 Å². The maximum atomic E-state index is 9.87. The Morgan fingerprint density at radius 1 is 1.47 bits per heavy atom. The van der Waals surface area contributed by atoms with Crippen molar-refractivity contribution in [1.82, 2.24) is 9.97 Å². The van der Waals surface area contributed by atoms with Gasteiger partial charge < -0.3 is 5.11 Å². The van der Waals surface area contributed by atoms with Crippen molar-refractivity contribution in [2.45, 2.75) is 31.8 Å². The first kappa shape index (κ1) is 10.9. The number of hydrogen-bond donors (Lipinski definition) is 1. The van der Waals surface area contributed by atoms with Crippen LogP contribution in [0.5, 0.6) is 0 Å².